The van der Waals surface area contributed by atoms with Crippen LogP contribution in [-0.4, -0.2) is 44.4 Å². The van der Waals surface area contributed by atoms with Gasteiger partial charge in [-0.1, -0.05) is 0 Å². The Morgan fingerprint density at radius 1 is 1.16 bits per heavy atom. The standard InChI is InChI=1S/C14H26N2O3/c1-3-17-9-6-16(7-10-18-4-2)12-13-5-8-19-14(13)11-15/h5,8H,3-4,6-7,9-12,15H2,1-2H3. The van der Waals surface area contributed by atoms with Crippen molar-refractivity contribution in [3.8, 4) is 0 Å². The molecule has 0 aliphatic heterocycles. The van der Waals surface area contributed by atoms with Gasteiger partial charge in [-0.3, -0.25) is 4.90 Å². The SMILES string of the molecule is CCOCCN(CCOCC)Cc1ccoc1CN. The molecule has 0 radical (unpaired) electrons. The summed E-state index contributed by atoms with van der Waals surface area (Å²) in [7, 11) is 0. The molecule has 0 spiro atoms. The summed E-state index contributed by atoms with van der Waals surface area (Å²) < 4.78 is 16.2. The number of rotatable bonds is 11. The average Bonchev–Trinajstić information content (AvgIpc) is 2.86. The van der Waals surface area contributed by atoms with E-state index in [1.165, 1.54) is 0 Å². The second-order valence-corrected chi connectivity index (χ2v) is 4.24. The number of hydrogen-bond acceptors (Lipinski definition) is 5. The van der Waals surface area contributed by atoms with Crippen molar-refractivity contribution in [2.75, 3.05) is 39.5 Å². The highest BCUT2D eigenvalue weighted by Gasteiger charge is 2.10. The lowest BCUT2D eigenvalue weighted by Gasteiger charge is -2.21. The molecule has 0 saturated heterocycles. The third-order valence-corrected chi connectivity index (χ3v) is 2.93. The molecule has 110 valence electrons. The first-order chi connectivity index (χ1) is 9.31. The molecule has 1 rings (SSSR count). The molecule has 19 heavy (non-hydrogen) atoms. The van der Waals surface area contributed by atoms with Crippen LogP contribution in [0.3, 0.4) is 0 Å². The summed E-state index contributed by atoms with van der Waals surface area (Å²) in [5, 5.41) is 0. The van der Waals surface area contributed by atoms with Gasteiger partial charge in [0.15, 0.2) is 0 Å². The van der Waals surface area contributed by atoms with E-state index in [9.17, 15) is 0 Å². The first-order valence-corrected chi connectivity index (χ1v) is 6.94. The molecule has 1 aromatic rings. The Bertz CT molecular complexity index is 318. The van der Waals surface area contributed by atoms with Gasteiger partial charge in [-0.2, -0.15) is 0 Å². The Balaban J connectivity index is 2.46. The van der Waals surface area contributed by atoms with Gasteiger partial charge in [0.2, 0.25) is 0 Å². The molecular weight excluding hydrogens is 244 g/mol. The third kappa shape index (κ3) is 6.20. The maximum atomic E-state index is 5.65. The van der Waals surface area contributed by atoms with Crippen LogP contribution in [0.4, 0.5) is 0 Å². The van der Waals surface area contributed by atoms with Crippen LogP contribution < -0.4 is 5.73 Å². The van der Waals surface area contributed by atoms with Crippen LogP contribution in [0.1, 0.15) is 25.2 Å². The fourth-order valence-corrected chi connectivity index (χ4v) is 1.87. The number of hydrogen-bond donors (Lipinski definition) is 1. The minimum Gasteiger partial charge on any atom is -0.468 e. The molecule has 0 aliphatic rings. The summed E-state index contributed by atoms with van der Waals surface area (Å²) in [4.78, 5) is 2.30. The third-order valence-electron chi connectivity index (χ3n) is 2.93. The normalized spacial score (nSPS) is 11.4. The molecule has 0 bridgehead atoms. The smallest absolute Gasteiger partial charge is 0.121 e. The van der Waals surface area contributed by atoms with Crippen LogP contribution in [0.25, 0.3) is 0 Å². The van der Waals surface area contributed by atoms with Crippen LogP contribution in [-0.2, 0) is 22.6 Å². The van der Waals surface area contributed by atoms with Gasteiger partial charge < -0.3 is 19.6 Å². The lowest BCUT2D eigenvalue weighted by molar-refractivity contribution is 0.0795. The van der Waals surface area contributed by atoms with E-state index in [0.717, 1.165) is 57.4 Å². The van der Waals surface area contributed by atoms with E-state index in [2.05, 4.69) is 4.90 Å². The minimum absolute atomic E-state index is 0.438. The summed E-state index contributed by atoms with van der Waals surface area (Å²) in [6, 6.07) is 1.98. The molecule has 0 unspecified atom stereocenters. The molecule has 0 aliphatic carbocycles. The second-order valence-electron chi connectivity index (χ2n) is 4.24. The van der Waals surface area contributed by atoms with Crippen molar-refractivity contribution in [2.45, 2.75) is 26.9 Å². The summed E-state index contributed by atoms with van der Waals surface area (Å²) in [6.45, 7) is 10.0. The van der Waals surface area contributed by atoms with Gasteiger partial charge in [-0.05, 0) is 19.9 Å². The Kier molecular flexibility index (Phi) is 8.49. The maximum absolute atomic E-state index is 5.65. The van der Waals surface area contributed by atoms with Crippen molar-refractivity contribution in [1.82, 2.24) is 4.90 Å². The summed E-state index contributed by atoms with van der Waals surface area (Å²) in [6.07, 6.45) is 1.70. The molecule has 0 atom stereocenters. The van der Waals surface area contributed by atoms with Crippen molar-refractivity contribution in [3.05, 3.63) is 23.7 Å². The van der Waals surface area contributed by atoms with E-state index < -0.39 is 0 Å². The van der Waals surface area contributed by atoms with Crippen LogP contribution >= 0.6 is 0 Å². The highest BCUT2D eigenvalue weighted by atomic mass is 16.5. The van der Waals surface area contributed by atoms with E-state index in [0.29, 0.717) is 6.54 Å². The Morgan fingerprint density at radius 2 is 1.79 bits per heavy atom. The molecular formula is C14H26N2O3. The molecule has 5 heteroatoms. The fraction of sp³-hybridized carbons (Fsp3) is 0.714. The average molecular weight is 270 g/mol. The van der Waals surface area contributed by atoms with Crippen molar-refractivity contribution < 1.29 is 13.9 Å². The molecule has 2 N–H and O–H groups in total. The summed E-state index contributed by atoms with van der Waals surface area (Å²) >= 11 is 0. The van der Waals surface area contributed by atoms with Crippen LogP contribution in [0, 0.1) is 0 Å². The van der Waals surface area contributed by atoms with E-state index in [1.54, 1.807) is 6.26 Å². The number of nitrogens with zero attached hydrogens (tertiary/aromatic N) is 1. The quantitative estimate of drug-likeness (QED) is 0.619. The summed E-state index contributed by atoms with van der Waals surface area (Å²) in [5.74, 6) is 0.859. The van der Waals surface area contributed by atoms with Gasteiger partial charge in [0.1, 0.15) is 5.76 Å². The Hall–Kier alpha value is -0.880. The minimum atomic E-state index is 0.438. The largest absolute Gasteiger partial charge is 0.468 e. The second kappa shape index (κ2) is 9.97. The lowest BCUT2D eigenvalue weighted by Crippen LogP contribution is -2.31. The highest BCUT2D eigenvalue weighted by Crippen LogP contribution is 2.12. The molecule has 5 nitrogen and oxygen atoms in total. The predicted molar refractivity (Wildman–Crippen MR) is 74.9 cm³/mol. The molecule has 0 fully saturated rings. The van der Waals surface area contributed by atoms with Crippen LogP contribution in [0.5, 0.6) is 0 Å². The fourth-order valence-electron chi connectivity index (χ4n) is 1.87. The zero-order valence-electron chi connectivity index (χ0n) is 12.1. The van der Waals surface area contributed by atoms with Crippen molar-refractivity contribution in [1.29, 1.82) is 0 Å². The van der Waals surface area contributed by atoms with Crippen LogP contribution in [0.2, 0.25) is 0 Å². The molecule has 0 saturated carbocycles. The van der Waals surface area contributed by atoms with Gasteiger partial charge in [-0.25, -0.2) is 0 Å². The maximum Gasteiger partial charge on any atom is 0.121 e. The Labute approximate surface area is 115 Å². The number of nitrogens with two attached hydrogens (primary N) is 1. The lowest BCUT2D eigenvalue weighted by atomic mass is 10.2. The number of furan rings is 1. The summed E-state index contributed by atoms with van der Waals surface area (Å²) in [5.41, 5.74) is 6.80. The monoisotopic (exact) mass is 270 g/mol. The van der Waals surface area contributed by atoms with E-state index in [-0.39, 0.29) is 0 Å². The molecule has 0 aromatic carbocycles. The van der Waals surface area contributed by atoms with Crippen molar-refractivity contribution >= 4 is 0 Å². The van der Waals surface area contributed by atoms with Gasteiger partial charge in [0.05, 0.1) is 26.0 Å². The first-order valence-electron chi connectivity index (χ1n) is 6.94. The molecule has 0 amide bonds. The predicted octanol–water partition coefficient (Wildman–Crippen LogP) is 1.61. The Morgan fingerprint density at radius 3 is 2.32 bits per heavy atom. The zero-order chi connectivity index (χ0) is 13.9. The first kappa shape index (κ1) is 16.2. The van der Waals surface area contributed by atoms with Gasteiger partial charge in [-0.15, -0.1) is 0 Å². The van der Waals surface area contributed by atoms with Crippen molar-refractivity contribution in [2.24, 2.45) is 5.73 Å². The molecule has 1 heterocycles. The zero-order valence-corrected chi connectivity index (χ0v) is 12.1. The van der Waals surface area contributed by atoms with E-state index >= 15 is 0 Å². The molecule has 1 aromatic heterocycles. The van der Waals surface area contributed by atoms with Gasteiger partial charge >= 0.3 is 0 Å². The van der Waals surface area contributed by atoms with E-state index in [4.69, 9.17) is 19.6 Å². The van der Waals surface area contributed by atoms with Crippen LogP contribution in [0.15, 0.2) is 16.7 Å². The van der Waals surface area contributed by atoms with Gasteiger partial charge in [0.25, 0.3) is 0 Å². The van der Waals surface area contributed by atoms with E-state index in [1.807, 2.05) is 19.9 Å². The van der Waals surface area contributed by atoms with Crippen molar-refractivity contribution in [3.63, 3.8) is 0 Å². The van der Waals surface area contributed by atoms with Gasteiger partial charge in [0, 0.05) is 38.4 Å². The number of ether oxygens (including phenoxy) is 2. The highest BCUT2D eigenvalue weighted by molar-refractivity contribution is 5.16. The topological polar surface area (TPSA) is 60.9 Å².